The van der Waals surface area contributed by atoms with E-state index in [2.05, 4.69) is 10.4 Å². The monoisotopic (exact) mass is 454 g/mol. The number of aromatic nitrogens is 2. The fourth-order valence-electron chi connectivity index (χ4n) is 2.72. The van der Waals surface area contributed by atoms with E-state index in [1.54, 1.807) is 23.1 Å². The largest absolute Gasteiger partial charge is 0.452 e. The summed E-state index contributed by atoms with van der Waals surface area (Å²) in [5, 5.41) is 18.4. The van der Waals surface area contributed by atoms with Crippen molar-refractivity contribution in [1.29, 1.82) is 5.26 Å². The number of nitrogens with zero attached hydrogens (tertiary/aromatic N) is 3. The molecule has 0 aliphatic rings. The third-order valence-electron chi connectivity index (χ3n) is 4.33. The number of nitriles is 1. The molecule has 2 heterocycles. The van der Waals surface area contributed by atoms with Crippen molar-refractivity contribution in [1.82, 2.24) is 9.78 Å². The van der Waals surface area contributed by atoms with E-state index in [-0.39, 0.29) is 0 Å². The van der Waals surface area contributed by atoms with E-state index in [9.17, 15) is 9.59 Å². The molecule has 0 aliphatic carbocycles. The average molecular weight is 455 g/mol. The van der Waals surface area contributed by atoms with Gasteiger partial charge < -0.3 is 10.1 Å². The van der Waals surface area contributed by atoms with Crippen LogP contribution < -0.4 is 5.32 Å². The van der Waals surface area contributed by atoms with Crippen LogP contribution in [0.3, 0.4) is 0 Å². The number of benzene rings is 1. The molecule has 3 aromatic rings. The number of ether oxygens (including phenoxy) is 1. The molecule has 2 aromatic heterocycles. The van der Waals surface area contributed by atoms with Crippen LogP contribution in [0.5, 0.6) is 0 Å². The molecule has 0 spiro atoms. The van der Waals surface area contributed by atoms with Crippen LogP contribution in [0.2, 0.25) is 5.15 Å². The minimum absolute atomic E-state index is 0.359. The second-order valence-electron chi connectivity index (χ2n) is 6.70. The Morgan fingerprint density at radius 3 is 2.74 bits per heavy atom. The third kappa shape index (κ3) is 5.81. The molecule has 0 saturated heterocycles. The molecule has 0 saturated carbocycles. The highest BCUT2D eigenvalue weighted by atomic mass is 35.5. The van der Waals surface area contributed by atoms with Gasteiger partial charge >= 0.3 is 5.97 Å². The van der Waals surface area contributed by atoms with Crippen LogP contribution >= 0.6 is 22.9 Å². The van der Waals surface area contributed by atoms with Gasteiger partial charge in [-0.3, -0.25) is 4.79 Å². The number of carbonyl (C=O) groups excluding carboxylic acids is 2. The Labute approximate surface area is 188 Å². The summed E-state index contributed by atoms with van der Waals surface area (Å²) in [6, 6.07) is 11.6. The minimum atomic E-state index is -0.691. The standard InChI is InChI=1S/C22H19ClN4O3S/c1-14-3-5-16(6-4-14)12-27-21(23)18(15(2)26-27)7-8-20(29)30-13-19(28)25-22-17(11-24)9-10-31-22/h3-10H,12-13H2,1-2H3,(H,25,28)/b8-7+. The van der Waals surface area contributed by atoms with Crippen LogP contribution in [0.15, 0.2) is 41.8 Å². The van der Waals surface area contributed by atoms with Crippen molar-refractivity contribution in [3.05, 3.63) is 74.9 Å². The van der Waals surface area contributed by atoms with Crippen LogP contribution in [-0.2, 0) is 20.9 Å². The lowest BCUT2D eigenvalue weighted by atomic mass is 10.1. The summed E-state index contributed by atoms with van der Waals surface area (Å²) in [5.41, 5.74) is 3.86. The highest BCUT2D eigenvalue weighted by molar-refractivity contribution is 7.14. The number of hydrogen-bond donors (Lipinski definition) is 1. The topological polar surface area (TPSA) is 97.0 Å². The van der Waals surface area contributed by atoms with Gasteiger partial charge in [0.15, 0.2) is 6.61 Å². The van der Waals surface area contributed by atoms with Crippen molar-refractivity contribution in [3.8, 4) is 6.07 Å². The van der Waals surface area contributed by atoms with Crippen molar-refractivity contribution in [3.63, 3.8) is 0 Å². The maximum atomic E-state index is 12.0. The van der Waals surface area contributed by atoms with E-state index in [4.69, 9.17) is 21.6 Å². The van der Waals surface area contributed by atoms with Gasteiger partial charge in [0.25, 0.3) is 5.91 Å². The third-order valence-corrected chi connectivity index (χ3v) is 5.56. The Kier molecular flexibility index (Phi) is 7.23. The quantitative estimate of drug-likeness (QED) is 0.423. The fourth-order valence-corrected chi connectivity index (χ4v) is 3.77. The lowest BCUT2D eigenvalue weighted by Gasteiger charge is -2.04. The number of rotatable bonds is 7. The molecule has 0 bridgehead atoms. The van der Waals surface area contributed by atoms with Crippen LogP contribution in [0.25, 0.3) is 6.08 Å². The Morgan fingerprint density at radius 1 is 1.29 bits per heavy atom. The molecule has 158 valence electrons. The number of esters is 1. The number of thiophene rings is 1. The summed E-state index contributed by atoms with van der Waals surface area (Å²) in [6.07, 6.45) is 2.72. The predicted molar refractivity (Wildman–Crippen MR) is 120 cm³/mol. The summed E-state index contributed by atoms with van der Waals surface area (Å²) in [5.74, 6) is -1.22. The minimum Gasteiger partial charge on any atom is -0.452 e. The van der Waals surface area contributed by atoms with Crippen LogP contribution in [-0.4, -0.2) is 28.3 Å². The number of aryl methyl sites for hydroxylation is 2. The van der Waals surface area contributed by atoms with Gasteiger partial charge in [0, 0.05) is 11.6 Å². The van der Waals surface area contributed by atoms with Crippen molar-refractivity contribution in [2.45, 2.75) is 20.4 Å². The molecule has 7 nitrogen and oxygen atoms in total. The van der Waals surface area contributed by atoms with Gasteiger partial charge in [-0.05, 0) is 36.9 Å². The van der Waals surface area contributed by atoms with Gasteiger partial charge in [-0.2, -0.15) is 10.4 Å². The normalized spacial score (nSPS) is 10.8. The van der Waals surface area contributed by atoms with Crippen LogP contribution in [0.1, 0.15) is 27.9 Å². The fraction of sp³-hybridized carbons (Fsp3) is 0.182. The predicted octanol–water partition coefficient (Wildman–Crippen LogP) is 4.33. The smallest absolute Gasteiger partial charge is 0.331 e. The molecule has 1 N–H and O–H groups in total. The van der Waals surface area contributed by atoms with E-state index in [0.717, 1.165) is 5.56 Å². The molecule has 0 aliphatic heterocycles. The molecule has 1 aromatic carbocycles. The lowest BCUT2D eigenvalue weighted by Crippen LogP contribution is -2.20. The summed E-state index contributed by atoms with van der Waals surface area (Å²) in [7, 11) is 0. The summed E-state index contributed by atoms with van der Waals surface area (Å²) in [6.45, 7) is 3.85. The first-order valence-electron chi connectivity index (χ1n) is 9.28. The molecule has 0 unspecified atom stereocenters. The van der Waals surface area contributed by atoms with E-state index in [0.29, 0.717) is 33.5 Å². The molecule has 1 amide bonds. The number of hydrogen-bond acceptors (Lipinski definition) is 6. The number of halogens is 1. The zero-order valence-corrected chi connectivity index (χ0v) is 18.5. The number of anilines is 1. The lowest BCUT2D eigenvalue weighted by molar-refractivity contribution is -0.142. The molecule has 31 heavy (non-hydrogen) atoms. The van der Waals surface area contributed by atoms with Gasteiger partial charge in [-0.25, -0.2) is 9.48 Å². The summed E-state index contributed by atoms with van der Waals surface area (Å²) < 4.78 is 6.62. The van der Waals surface area contributed by atoms with E-state index in [1.165, 1.54) is 29.1 Å². The first kappa shape index (κ1) is 22.3. The maximum absolute atomic E-state index is 12.0. The van der Waals surface area contributed by atoms with Crippen molar-refractivity contribution in [2.75, 3.05) is 11.9 Å². The summed E-state index contributed by atoms with van der Waals surface area (Å²) >= 11 is 7.66. The Balaban J connectivity index is 1.57. The van der Waals surface area contributed by atoms with Crippen molar-refractivity contribution < 1.29 is 14.3 Å². The molecular formula is C22H19ClN4O3S. The maximum Gasteiger partial charge on any atom is 0.331 e. The van der Waals surface area contributed by atoms with Crippen LogP contribution in [0, 0.1) is 25.2 Å². The first-order chi connectivity index (χ1) is 14.9. The molecule has 9 heteroatoms. The Bertz CT molecular complexity index is 1170. The number of nitrogens with one attached hydrogen (secondary N) is 1. The Morgan fingerprint density at radius 2 is 2.03 bits per heavy atom. The van der Waals surface area contributed by atoms with E-state index >= 15 is 0 Å². The van der Waals surface area contributed by atoms with Gasteiger partial charge in [-0.1, -0.05) is 41.4 Å². The molecule has 0 radical (unpaired) electrons. The zero-order valence-electron chi connectivity index (χ0n) is 16.9. The highest BCUT2D eigenvalue weighted by Crippen LogP contribution is 2.23. The van der Waals surface area contributed by atoms with Crippen molar-refractivity contribution >= 4 is 45.9 Å². The molecule has 0 fully saturated rings. The highest BCUT2D eigenvalue weighted by Gasteiger charge is 2.13. The number of carbonyl (C=O) groups is 2. The van der Waals surface area contributed by atoms with E-state index in [1.807, 2.05) is 37.3 Å². The van der Waals surface area contributed by atoms with E-state index < -0.39 is 18.5 Å². The Hall–Kier alpha value is -3.41. The summed E-state index contributed by atoms with van der Waals surface area (Å²) in [4.78, 5) is 23.9. The van der Waals surface area contributed by atoms with Crippen molar-refractivity contribution in [2.24, 2.45) is 0 Å². The van der Waals surface area contributed by atoms with Gasteiger partial charge in [0.05, 0.1) is 17.8 Å². The zero-order chi connectivity index (χ0) is 22.4. The van der Waals surface area contributed by atoms with Crippen LogP contribution in [0.4, 0.5) is 5.00 Å². The SMILES string of the molecule is Cc1ccc(Cn2nc(C)c(/C=C/C(=O)OCC(=O)Nc3sccc3C#N)c2Cl)cc1. The van der Waals surface area contributed by atoms with Gasteiger partial charge in [0.2, 0.25) is 0 Å². The molecular weight excluding hydrogens is 436 g/mol. The van der Waals surface area contributed by atoms with Gasteiger partial charge in [-0.15, -0.1) is 11.3 Å². The second kappa shape index (κ2) is 10.1. The first-order valence-corrected chi connectivity index (χ1v) is 10.5. The number of amides is 1. The molecule has 0 atom stereocenters. The average Bonchev–Trinajstić information content (AvgIpc) is 3.30. The second-order valence-corrected chi connectivity index (χ2v) is 7.97. The van der Waals surface area contributed by atoms with Gasteiger partial charge in [0.1, 0.15) is 16.2 Å². The molecule has 3 rings (SSSR count).